The molecule has 1 aromatic carbocycles. The molecule has 144 valence electrons. The number of anilines is 1. The number of rotatable bonds is 3. The molecule has 4 rings (SSSR count). The maximum Gasteiger partial charge on any atom is 0.260 e. The van der Waals surface area contributed by atoms with Crippen LogP contribution in [0.1, 0.15) is 25.1 Å². The number of aromatic nitrogens is 2. The van der Waals surface area contributed by atoms with Crippen molar-refractivity contribution in [2.75, 3.05) is 38.3 Å². The first-order chi connectivity index (χ1) is 13.0. The van der Waals surface area contributed by atoms with E-state index in [0.29, 0.717) is 27.7 Å². The minimum Gasteiger partial charge on any atom is -0.495 e. The first-order valence-electron chi connectivity index (χ1n) is 9.29. The summed E-state index contributed by atoms with van der Waals surface area (Å²) in [4.78, 5) is 19.8. The highest BCUT2D eigenvalue weighted by Crippen LogP contribution is 2.39. The van der Waals surface area contributed by atoms with E-state index >= 15 is 0 Å². The van der Waals surface area contributed by atoms with Crippen molar-refractivity contribution in [3.63, 3.8) is 0 Å². The van der Waals surface area contributed by atoms with Crippen molar-refractivity contribution in [2.24, 2.45) is 5.41 Å². The van der Waals surface area contributed by atoms with Gasteiger partial charge in [0.25, 0.3) is 5.56 Å². The molecule has 0 atom stereocenters. The molecule has 0 radical (unpaired) electrons. The standard InChI is InChI=1S/C20H24ClN3O3/c1-14-22-17(23-9-6-20(7-10-23)8-11-27-13-20)12-18(25)24(14)15-4-3-5-16(26-2)19(15)21/h3-5,12H,6-11,13H2,1-2H3. The van der Waals surface area contributed by atoms with Crippen molar-refractivity contribution >= 4 is 17.4 Å². The van der Waals surface area contributed by atoms with E-state index in [1.165, 1.54) is 4.57 Å². The highest BCUT2D eigenvalue weighted by Gasteiger charge is 2.38. The van der Waals surface area contributed by atoms with E-state index in [0.717, 1.165) is 51.4 Å². The van der Waals surface area contributed by atoms with E-state index in [4.69, 9.17) is 26.1 Å². The lowest BCUT2D eigenvalue weighted by Gasteiger charge is -2.38. The molecule has 0 bridgehead atoms. The summed E-state index contributed by atoms with van der Waals surface area (Å²) in [5, 5.41) is 0.404. The lowest BCUT2D eigenvalue weighted by Crippen LogP contribution is -2.41. The topological polar surface area (TPSA) is 56.6 Å². The molecule has 2 aliphatic heterocycles. The van der Waals surface area contributed by atoms with Crippen LogP contribution in [0.15, 0.2) is 29.1 Å². The van der Waals surface area contributed by atoms with Crippen molar-refractivity contribution in [1.82, 2.24) is 9.55 Å². The Balaban J connectivity index is 1.63. The number of aryl methyl sites for hydroxylation is 1. The number of methoxy groups -OCH3 is 1. The van der Waals surface area contributed by atoms with E-state index in [2.05, 4.69) is 4.90 Å². The van der Waals surface area contributed by atoms with Crippen LogP contribution in [-0.4, -0.2) is 43.0 Å². The molecule has 2 saturated heterocycles. The molecule has 1 spiro atoms. The van der Waals surface area contributed by atoms with E-state index in [1.807, 2.05) is 13.0 Å². The van der Waals surface area contributed by atoms with Gasteiger partial charge in [0.05, 0.1) is 19.4 Å². The van der Waals surface area contributed by atoms with Crippen molar-refractivity contribution in [2.45, 2.75) is 26.2 Å². The Kier molecular flexibility index (Phi) is 4.86. The molecule has 0 saturated carbocycles. The summed E-state index contributed by atoms with van der Waals surface area (Å²) < 4.78 is 12.4. The molecule has 0 aliphatic carbocycles. The largest absolute Gasteiger partial charge is 0.495 e. The third-order valence-electron chi connectivity index (χ3n) is 5.81. The van der Waals surface area contributed by atoms with Gasteiger partial charge in [-0.15, -0.1) is 0 Å². The number of piperidine rings is 1. The lowest BCUT2D eigenvalue weighted by atomic mass is 9.78. The van der Waals surface area contributed by atoms with Crippen LogP contribution in [-0.2, 0) is 4.74 Å². The van der Waals surface area contributed by atoms with Crippen LogP contribution in [0, 0.1) is 12.3 Å². The van der Waals surface area contributed by atoms with Crippen LogP contribution in [0.25, 0.3) is 5.69 Å². The second kappa shape index (κ2) is 7.17. The number of ether oxygens (including phenoxy) is 2. The Bertz CT molecular complexity index is 896. The molecule has 0 unspecified atom stereocenters. The second-order valence-corrected chi connectivity index (χ2v) is 7.80. The summed E-state index contributed by atoms with van der Waals surface area (Å²) in [6.07, 6.45) is 3.31. The predicted molar refractivity (Wildman–Crippen MR) is 105 cm³/mol. The third-order valence-corrected chi connectivity index (χ3v) is 6.19. The van der Waals surface area contributed by atoms with Gasteiger partial charge in [0, 0.05) is 25.8 Å². The predicted octanol–water partition coefficient (Wildman–Crippen LogP) is 3.21. The molecule has 6 nitrogen and oxygen atoms in total. The monoisotopic (exact) mass is 389 g/mol. The fourth-order valence-corrected chi connectivity index (χ4v) is 4.41. The van der Waals surface area contributed by atoms with Gasteiger partial charge in [-0.25, -0.2) is 4.98 Å². The highest BCUT2D eigenvalue weighted by molar-refractivity contribution is 6.33. The van der Waals surface area contributed by atoms with Gasteiger partial charge in [-0.3, -0.25) is 9.36 Å². The number of nitrogens with zero attached hydrogens (tertiary/aromatic N) is 3. The fourth-order valence-electron chi connectivity index (χ4n) is 4.12. The van der Waals surface area contributed by atoms with Crippen molar-refractivity contribution in [1.29, 1.82) is 0 Å². The minimum absolute atomic E-state index is 0.142. The summed E-state index contributed by atoms with van der Waals surface area (Å²) in [7, 11) is 1.56. The molecule has 2 aliphatic rings. The van der Waals surface area contributed by atoms with Crippen molar-refractivity contribution in [3.05, 3.63) is 45.5 Å². The molecular formula is C20H24ClN3O3. The van der Waals surface area contributed by atoms with E-state index < -0.39 is 0 Å². The quantitative estimate of drug-likeness (QED) is 0.806. The lowest BCUT2D eigenvalue weighted by molar-refractivity contribution is 0.133. The van der Waals surface area contributed by atoms with E-state index in [-0.39, 0.29) is 5.56 Å². The third kappa shape index (κ3) is 3.32. The van der Waals surface area contributed by atoms with Crippen LogP contribution in [0.2, 0.25) is 5.02 Å². The highest BCUT2D eigenvalue weighted by atomic mass is 35.5. The zero-order valence-electron chi connectivity index (χ0n) is 15.7. The summed E-state index contributed by atoms with van der Waals surface area (Å²) in [5.41, 5.74) is 0.768. The Labute approximate surface area is 163 Å². The average molecular weight is 390 g/mol. The van der Waals surface area contributed by atoms with Gasteiger partial charge in [0.2, 0.25) is 0 Å². The Hall–Kier alpha value is -2.05. The molecule has 0 amide bonds. The molecule has 0 N–H and O–H groups in total. The van der Waals surface area contributed by atoms with Gasteiger partial charge in [-0.1, -0.05) is 17.7 Å². The summed E-state index contributed by atoms with van der Waals surface area (Å²) in [6.45, 7) is 5.37. The number of benzene rings is 1. The van der Waals surface area contributed by atoms with E-state index in [9.17, 15) is 4.79 Å². The number of halogens is 1. The van der Waals surface area contributed by atoms with Crippen molar-refractivity contribution < 1.29 is 9.47 Å². The molecule has 2 fully saturated rings. The molecule has 27 heavy (non-hydrogen) atoms. The molecule has 3 heterocycles. The SMILES string of the molecule is COc1cccc(-n2c(C)nc(N3CCC4(CCOC4)CC3)cc2=O)c1Cl. The Morgan fingerprint density at radius 1 is 1.26 bits per heavy atom. The van der Waals surface area contributed by atoms with Crippen LogP contribution < -0.4 is 15.2 Å². The van der Waals surface area contributed by atoms with Gasteiger partial charge in [-0.2, -0.15) is 0 Å². The summed E-state index contributed by atoms with van der Waals surface area (Å²) in [5.74, 6) is 1.88. The zero-order valence-corrected chi connectivity index (χ0v) is 16.5. The Morgan fingerprint density at radius 2 is 2.04 bits per heavy atom. The van der Waals surface area contributed by atoms with Crippen LogP contribution >= 0.6 is 11.6 Å². The van der Waals surface area contributed by atoms with Gasteiger partial charge < -0.3 is 14.4 Å². The zero-order chi connectivity index (χ0) is 19.0. The molecule has 1 aromatic heterocycles. The van der Waals surface area contributed by atoms with Gasteiger partial charge in [0.1, 0.15) is 22.4 Å². The van der Waals surface area contributed by atoms with E-state index in [1.54, 1.807) is 25.3 Å². The van der Waals surface area contributed by atoms with Gasteiger partial charge >= 0.3 is 0 Å². The summed E-state index contributed by atoms with van der Waals surface area (Å²) in [6, 6.07) is 6.98. The van der Waals surface area contributed by atoms with Gasteiger partial charge in [-0.05, 0) is 43.7 Å². The number of hydrogen-bond donors (Lipinski definition) is 0. The fraction of sp³-hybridized carbons (Fsp3) is 0.500. The van der Waals surface area contributed by atoms with Crippen LogP contribution in [0.3, 0.4) is 0 Å². The normalized spacial score (nSPS) is 18.9. The maximum absolute atomic E-state index is 12.9. The first-order valence-corrected chi connectivity index (χ1v) is 9.67. The maximum atomic E-state index is 12.9. The molecular weight excluding hydrogens is 366 g/mol. The minimum atomic E-state index is -0.142. The van der Waals surface area contributed by atoms with Crippen LogP contribution in [0.4, 0.5) is 5.82 Å². The first kappa shape index (κ1) is 18.3. The molecule has 2 aromatic rings. The average Bonchev–Trinajstić information content (AvgIpc) is 3.11. The van der Waals surface area contributed by atoms with Gasteiger partial charge in [0.15, 0.2) is 0 Å². The molecule has 7 heteroatoms. The number of hydrogen-bond acceptors (Lipinski definition) is 5. The Morgan fingerprint density at radius 3 is 2.67 bits per heavy atom. The van der Waals surface area contributed by atoms with Crippen molar-refractivity contribution in [3.8, 4) is 11.4 Å². The summed E-state index contributed by atoms with van der Waals surface area (Å²) >= 11 is 6.41. The smallest absolute Gasteiger partial charge is 0.260 e. The second-order valence-electron chi connectivity index (χ2n) is 7.42. The van der Waals surface area contributed by atoms with Crippen LogP contribution in [0.5, 0.6) is 5.75 Å².